The summed E-state index contributed by atoms with van der Waals surface area (Å²) >= 11 is 0. The summed E-state index contributed by atoms with van der Waals surface area (Å²) in [5.41, 5.74) is 0.950. The third kappa shape index (κ3) is 8.14. The van der Waals surface area contributed by atoms with Crippen LogP contribution in [0.4, 0.5) is 0 Å². The van der Waals surface area contributed by atoms with Gasteiger partial charge < -0.3 is 28.8 Å². The fourth-order valence-corrected chi connectivity index (χ4v) is 3.03. The summed E-state index contributed by atoms with van der Waals surface area (Å²) in [4.78, 5) is 17.0. The number of carbonyl (C=O) groups is 1. The first-order valence-corrected chi connectivity index (χ1v) is 10.4. The fourth-order valence-electron chi connectivity index (χ4n) is 3.03. The van der Waals surface area contributed by atoms with Crippen LogP contribution in [0, 0.1) is 0 Å². The van der Waals surface area contributed by atoms with Gasteiger partial charge in [-0.15, -0.1) is 12.4 Å². The van der Waals surface area contributed by atoms with Gasteiger partial charge in [-0.2, -0.15) is 0 Å². The smallest absolute Gasteiger partial charge is 0.203 e. The van der Waals surface area contributed by atoms with Gasteiger partial charge in [-0.05, 0) is 43.5 Å². The monoisotopic (exact) mass is 481 g/mol. The Morgan fingerprint density at radius 1 is 0.879 bits per heavy atom. The Labute approximate surface area is 200 Å². The van der Waals surface area contributed by atoms with Gasteiger partial charge in [0.05, 0.1) is 46.9 Å². The minimum absolute atomic E-state index is 0. The molecule has 0 unspecified atom stereocenters. The van der Waals surface area contributed by atoms with E-state index in [9.17, 15) is 4.79 Å². The number of rotatable bonds is 14. The van der Waals surface area contributed by atoms with Crippen molar-refractivity contribution >= 4 is 24.3 Å². The lowest BCUT2D eigenvalue weighted by molar-refractivity contribution is 0.104. The molecule has 182 valence electrons. The number of aliphatic hydroxyl groups excluding tert-OH is 1. The van der Waals surface area contributed by atoms with E-state index >= 15 is 0 Å². The quantitative estimate of drug-likeness (QED) is 0.241. The van der Waals surface area contributed by atoms with Gasteiger partial charge in [-0.3, -0.25) is 9.78 Å². The summed E-state index contributed by atoms with van der Waals surface area (Å²) in [6, 6.07) is 4.92. The zero-order valence-corrected chi connectivity index (χ0v) is 20.3. The molecule has 9 heteroatoms. The van der Waals surface area contributed by atoms with Crippen molar-refractivity contribution in [2.45, 2.75) is 25.7 Å². The van der Waals surface area contributed by atoms with Crippen LogP contribution in [-0.4, -0.2) is 57.5 Å². The summed E-state index contributed by atoms with van der Waals surface area (Å²) in [6.07, 6.45) is 8.20. The van der Waals surface area contributed by atoms with E-state index < -0.39 is 0 Å². The first kappa shape index (κ1) is 28.1. The molecule has 0 aliphatic carbocycles. The highest BCUT2D eigenvalue weighted by molar-refractivity contribution is 6.07. The van der Waals surface area contributed by atoms with Crippen molar-refractivity contribution in [3.05, 3.63) is 41.7 Å². The standard InChI is InChI=1S/C24H31NO7.ClH/c1-28-21-13-17(14-22(29-2)24(21)31-4)19(27)10-9-18-15-20(23(30-3)16-25-18)32-12-8-6-5-7-11-26;/h9-10,13-16,26H,5-8,11-12H2,1-4H3;1H. The molecule has 0 saturated heterocycles. The lowest BCUT2D eigenvalue weighted by Gasteiger charge is -2.13. The van der Waals surface area contributed by atoms with Crippen molar-refractivity contribution in [3.8, 4) is 28.7 Å². The molecule has 0 amide bonds. The molecule has 0 radical (unpaired) electrons. The number of aliphatic hydroxyl groups is 1. The highest BCUT2D eigenvalue weighted by atomic mass is 35.5. The molecule has 0 spiro atoms. The first-order chi connectivity index (χ1) is 15.6. The Hall–Kier alpha value is -2.97. The van der Waals surface area contributed by atoms with Gasteiger partial charge in [-0.1, -0.05) is 6.42 Å². The molecular formula is C24H32ClNO7. The molecule has 1 N–H and O–H groups in total. The van der Waals surface area contributed by atoms with Crippen LogP contribution in [0.2, 0.25) is 0 Å². The maximum atomic E-state index is 12.7. The predicted octanol–water partition coefficient (Wildman–Crippen LogP) is 4.37. The molecule has 1 aromatic heterocycles. The molecule has 1 heterocycles. The summed E-state index contributed by atoms with van der Waals surface area (Å²) in [6.45, 7) is 0.739. The number of nitrogens with zero attached hydrogens (tertiary/aromatic N) is 1. The summed E-state index contributed by atoms with van der Waals surface area (Å²) < 4.78 is 27.0. The van der Waals surface area contributed by atoms with Crippen LogP contribution in [0.5, 0.6) is 28.7 Å². The van der Waals surface area contributed by atoms with Crippen LogP contribution in [0.25, 0.3) is 6.08 Å². The number of pyridine rings is 1. The van der Waals surface area contributed by atoms with Crippen LogP contribution < -0.4 is 23.7 Å². The Morgan fingerprint density at radius 3 is 2.09 bits per heavy atom. The number of ether oxygens (including phenoxy) is 5. The molecule has 0 fully saturated rings. The van der Waals surface area contributed by atoms with Crippen LogP contribution >= 0.6 is 12.4 Å². The van der Waals surface area contributed by atoms with Crippen molar-refractivity contribution in [1.82, 2.24) is 4.98 Å². The van der Waals surface area contributed by atoms with Crippen molar-refractivity contribution in [3.63, 3.8) is 0 Å². The van der Waals surface area contributed by atoms with Gasteiger partial charge in [0.25, 0.3) is 0 Å². The molecule has 2 rings (SSSR count). The Morgan fingerprint density at radius 2 is 1.52 bits per heavy atom. The van der Waals surface area contributed by atoms with Crippen molar-refractivity contribution in [1.29, 1.82) is 0 Å². The largest absolute Gasteiger partial charge is 0.493 e. The molecule has 0 aliphatic rings. The van der Waals surface area contributed by atoms with E-state index in [-0.39, 0.29) is 24.8 Å². The van der Waals surface area contributed by atoms with E-state index in [1.807, 2.05) is 0 Å². The number of aromatic nitrogens is 1. The second kappa shape index (κ2) is 15.0. The second-order valence-corrected chi connectivity index (χ2v) is 6.86. The van der Waals surface area contributed by atoms with Crippen LogP contribution in [-0.2, 0) is 0 Å². The number of carbonyl (C=O) groups excluding carboxylic acids is 1. The van der Waals surface area contributed by atoms with Gasteiger partial charge in [-0.25, -0.2) is 0 Å². The number of hydrogen-bond acceptors (Lipinski definition) is 8. The third-order valence-corrected chi connectivity index (χ3v) is 4.74. The number of ketones is 1. The lowest BCUT2D eigenvalue weighted by Crippen LogP contribution is -2.01. The molecular weight excluding hydrogens is 450 g/mol. The maximum Gasteiger partial charge on any atom is 0.203 e. The molecule has 0 atom stereocenters. The van der Waals surface area contributed by atoms with E-state index in [1.54, 1.807) is 37.6 Å². The number of allylic oxidation sites excluding steroid dienone is 1. The molecule has 0 bridgehead atoms. The minimum atomic E-state index is -0.242. The van der Waals surface area contributed by atoms with E-state index in [0.717, 1.165) is 25.7 Å². The Kier molecular flexibility index (Phi) is 12.7. The molecule has 8 nitrogen and oxygen atoms in total. The topological polar surface area (TPSA) is 96.3 Å². The van der Waals surface area contributed by atoms with Crippen molar-refractivity contribution < 1.29 is 33.6 Å². The number of unbranched alkanes of at least 4 members (excludes halogenated alkanes) is 3. The molecule has 0 aliphatic heterocycles. The SMILES string of the molecule is COc1cnc(C=CC(=O)c2cc(OC)c(OC)c(OC)c2)cc1OCCCCCCO.Cl. The molecule has 33 heavy (non-hydrogen) atoms. The van der Waals surface area contributed by atoms with Gasteiger partial charge in [0.1, 0.15) is 0 Å². The predicted molar refractivity (Wildman–Crippen MR) is 129 cm³/mol. The lowest BCUT2D eigenvalue weighted by atomic mass is 10.1. The fraction of sp³-hybridized carbons (Fsp3) is 0.417. The van der Waals surface area contributed by atoms with Crippen LogP contribution in [0.1, 0.15) is 41.7 Å². The van der Waals surface area contributed by atoms with E-state index in [1.165, 1.54) is 27.4 Å². The Balaban J connectivity index is 0.00000544. The first-order valence-electron chi connectivity index (χ1n) is 10.4. The summed E-state index contributed by atoms with van der Waals surface area (Å²) in [7, 11) is 6.05. The van der Waals surface area contributed by atoms with Crippen LogP contribution in [0.15, 0.2) is 30.5 Å². The number of methoxy groups -OCH3 is 4. The van der Waals surface area contributed by atoms with Crippen molar-refractivity contribution in [2.24, 2.45) is 0 Å². The van der Waals surface area contributed by atoms with Gasteiger partial charge in [0, 0.05) is 18.2 Å². The molecule has 0 saturated carbocycles. The highest BCUT2D eigenvalue weighted by Gasteiger charge is 2.16. The van der Waals surface area contributed by atoms with Gasteiger partial charge >= 0.3 is 0 Å². The van der Waals surface area contributed by atoms with Gasteiger partial charge in [0.15, 0.2) is 28.8 Å². The number of halogens is 1. The normalized spacial score (nSPS) is 10.5. The zero-order valence-electron chi connectivity index (χ0n) is 19.5. The Bertz CT molecular complexity index is 893. The summed E-state index contributed by atoms with van der Waals surface area (Å²) in [5.74, 6) is 2.07. The number of hydrogen-bond donors (Lipinski definition) is 1. The van der Waals surface area contributed by atoms with Crippen LogP contribution in [0.3, 0.4) is 0 Å². The maximum absolute atomic E-state index is 12.7. The minimum Gasteiger partial charge on any atom is -0.493 e. The van der Waals surface area contributed by atoms with E-state index in [0.29, 0.717) is 46.6 Å². The number of benzene rings is 1. The zero-order chi connectivity index (χ0) is 23.3. The molecule has 2 aromatic rings. The highest BCUT2D eigenvalue weighted by Crippen LogP contribution is 2.38. The second-order valence-electron chi connectivity index (χ2n) is 6.86. The molecule has 1 aromatic carbocycles. The van der Waals surface area contributed by atoms with Crippen molar-refractivity contribution in [2.75, 3.05) is 41.7 Å². The summed E-state index contributed by atoms with van der Waals surface area (Å²) in [5, 5.41) is 8.83. The van der Waals surface area contributed by atoms with E-state index in [4.69, 9.17) is 28.8 Å². The van der Waals surface area contributed by atoms with Gasteiger partial charge in [0.2, 0.25) is 5.75 Å². The van der Waals surface area contributed by atoms with E-state index in [2.05, 4.69) is 4.98 Å². The third-order valence-electron chi connectivity index (χ3n) is 4.74. The average molecular weight is 482 g/mol. The average Bonchev–Trinajstić information content (AvgIpc) is 2.83.